The van der Waals surface area contributed by atoms with Crippen molar-refractivity contribution in [2.75, 3.05) is 5.32 Å². The van der Waals surface area contributed by atoms with Gasteiger partial charge in [0, 0.05) is 5.69 Å². The van der Waals surface area contributed by atoms with Crippen molar-refractivity contribution in [2.45, 2.75) is 39.5 Å². The van der Waals surface area contributed by atoms with Crippen molar-refractivity contribution in [3.05, 3.63) is 29.8 Å². The average Bonchev–Trinajstić information content (AvgIpc) is 2.52. The molecule has 23 heavy (non-hydrogen) atoms. The summed E-state index contributed by atoms with van der Waals surface area (Å²) in [5.74, 6) is -0.879. The first-order chi connectivity index (χ1) is 10.9. The SMILES string of the molecule is CC(C)C(NC=O)C(=O)N[C@@H](C)C(=O)Nc1ccc(CO)cc1. The molecule has 0 heterocycles. The van der Waals surface area contributed by atoms with E-state index in [1.54, 1.807) is 45.0 Å². The third kappa shape index (κ3) is 5.71. The Hall–Kier alpha value is -2.41. The monoisotopic (exact) mass is 321 g/mol. The van der Waals surface area contributed by atoms with Crippen molar-refractivity contribution >= 4 is 23.9 Å². The van der Waals surface area contributed by atoms with Crippen LogP contribution in [0.4, 0.5) is 5.69 Å². The van der Waals surface area contributed by atoms with Gasteiger partial charge in [-0.15, -0.1) is 0 Å². The van der Waals surface area contributed by atoms with E-state index in [4.69, 9.17) is 5.11 Å². The Balaban J connectivity index is 2.61. The molecule has 1 aromatic carbocycles. The van der Waals surface area contributed by atoms with Crippen LogP contribution in [0.1, 0.15) is 26.3 Å². The standard InChI is InChI=1S/C16H23N3O4/c1-10(2)14(17-9-21)16(23)18-11(3)15(22)19-13-6-4-12(8-20)5-7-13/h4-7,9-11,14,20H,8H2,1-3H3,(H,17,21)(H,18,23)(H,19,22)/t11-,14?/m0/s1. The topological polar surface area (TPSA) is 108 Å². The van der Waals surface area contributed by atoms with Crippen molar-refractivity contribution in [1.82, 2.24) is 10.6 Å². The Morgan fingerprint density at radius 1 is 1.13 bits per heavy atom. The highest BCUT2D eigenvalue weighted by Gasteiger charge is 2.24. The molecule has 3 amide bonds. The summed E-state index contributed by atoms with van der Waals surface area (Å²) < 4.78 is 0. The van der Waals surface area contributed by atoms with Gasteiger partial charge in [-0.1, -0.05) is 26.0 Å². The Morgan fingerprint density at radius 2 is 1.74 bits per heavy atom. The first-order valence-corrected chi connectivity index (χ1v) is 7.39. The molecule has 1 aromatic rings. The molecule has 0 bridgehead atoms. The van der Waals surface area contributed by atoms with Gasteiger partial charge < -0.3 is 21.1 Å². The van der Waals surface area contributed by atoms with Gasteiger partial charge in [0.1, 0.15) is 12.1 Å². The molecule has 0 aliphatic heterocycles. The van der Waals surface area contributed by atoms with E-state index >= 15 is 0 Å². The number of aliphatic hydroxyl groups excluding tert-OH is 1. The Morgan fingerprint density at radius 3 is 2.22 bits per heavy atom. The lowest BCUT2D eigenvalue weighted by Crippen LogP contribution is -2.52. The van der Waals surface area contributed by atoms with Crippen molar-refractivity contribution in [1.29, 1.82) is 0 Å². The molecule has 7 heteroatoms. The zero-order chi connectivity index (χ0) is 17.4. The van der Waals surface area contributed by atoms with Crippen molar-refractivity contribution in [3.8, 4) is 0 Å². The molecule has 4 N–H and O–H groups in total. The fourth-order valence-electron chi connectivity index (χ4n) is 1.96. The van der Waals surface area contributed by atoms with Crippen LogP contribution >= 0.6 is 0 Å². The van der Waals surface area contributed by atoms with Gasteiger partial charge in [-0.2, -0.15) is 0 Å². The number of carbonyl (C=O) groups is 3. The predicted octanol–water partition coefficient (Wildman–Crippen LogP) is 0.393. The van der Waals surface area contributed by atoms with Crippen LogP contribution in [-0.2, 0) is 21.0 Å². The van der Waals surface area contributed by atoms with E-state index in [-0.39, 0.29) is 18.4 Å². The number of benzene rings is 1. The lowest BCUT2D eigenvalue weighted by atomic mass is 10.0. The summed E-state index contributed by atoms with van der Waals surface area (Å²) in [4.78, 5) is 34.7. The van der Waals surface area contributed by atoms with Crippen molar-refractivity contribution in [3.63, 3.8) is 0 Å². The third-order valence-electron chi connectivity index (χ3n) is 3.35. The molecule has 0 fully saturated rings. The van der Waals surface area contributed by atoms with E-state index < -0.39 is 18.0 Å². The van der Waals surface area contributed by atoms with Gasteiger partial charge >= 0.3 is 0 Å². The van der Waals surface area contributed by atoms with Crippen LogP contribution in [0.25, 0.3) is 0 Å². The lowest BCUT2D eigenvalue weighted by Gasteiger charge is -2.22. The van der Waals surface area contributed by atoms with Crippen molar-refractivity contribution < 1.29 is 19.5 Å². The number of rotatable bonds is 8. The number of amides is 3. The normalized spacial score (nSPS) is 13.1. The van der Waals surface area contributed by atoms with E-state index in [9.17, 15) is 14.4 Å². The summed E-state index contributed by atoms with van der Waals surface area (Å²) in [6.07, 6.45) is 0.470. The third-order valence-corrected chi connectivity index (χ3v) is 3.35. The fourth-order valence-corrected chi connectivity index (χ4v) is 1.96. The lowest BCUT2D eigenvalue weighted by molar-refractivity contribution is -0.129. The predicted molar refractivity (Wildman–Crippen MR) is 86.4 cm³/mol. The zero-order valence-electron chi connectivity index (χ0n) is 13.5. The minimum Gasteiger partial charge on any atom is -0.392 e. The Bertz CT molecular complexity index is 543. The number of aliphatic hydroxyl groups is 1. The number of anilines is 1. The van der Waals surface area contributed by atoms with E-state index in [0.717, 1.165) is 5.56 Å². The fraction of sp³-hybridized carbons (Fsp3) is 0.438. The largest absolute Gasteiger partial charge is 0.392 e. The molecule has 0 saturated carbocycles. The molecule has 1 rings (SSSR count). The molecular weight excluding hydrogens is 298 g/mol. The summed E-state index contributed by atoms with van der Waals surface area (Å²) in [6, 6.07) is 5.29. The van der Waals surface area contributed by atoms with Crippen LogP contribution in [0.5, 0.6) is 0 Å². The van der Waals surface area contributed by atoms with Crippen LogP contribution in [-0.4, -0.2) is 35.4 Å². The maximum Gasteiger partial charge on any atom is 0.246 e. The smallest absolute Gasteiger partial charge is 0.246 e. The highest BCUT2D eigenvalue weighted by Crippen LogP contribution is 2.10. The summed E-state index contributed by atoms with van der Waals surface area (Å²) in [6.45, 7) is 5.09. The summed E-state index contributed by atoms with van der Waals surface area (Å²) in [7, 11) is 0. The van der Waals surface area contributed by atoms with Gasteiger partial charge in [-0.05, 0) is 30.5 Å². The van der Waals surface area contributed by atoms with Crippen LogP contribution < -0.4 is 16.0 Å². The molecule has 2 atom stereocenters. The van der Waals surface area contributed by atoms with Gasteiger partial charge in [0.2, 0.25) is 18.2 Å². The molecule has 0 radical (unpaired) electrons. The second-order valence-corrected chi connectivity index (χ2v) is 5.58. The minimum atomic E-state index is -0.755. The highest BCUT2D eigenvalue weighted by molar-refractivity contribution is 5.97. The maximum absolute atomic E-state index is 12.1. The number of hydrogen-bond acceptors (Lipinski definition) is 4. The number of nitrogens with one attached hydrogen (secondary N) is 3. The quantitative estimate of drug-likeness (QED) is 0.520. The van der Waals surface area contributed by atoms with Gasteiger partial charge in [0.25, 0.3) is 0 Å². The zero-order valence-corrected chi connectivity index (χ0v) is 13.5. The van der Waals surface area contributed by atoms with E-state index in [1.807, 2.05) is 0 Å². The summed E-state index contributed by atoms with van der Waals surface area (Å²) in [5.41, 5.74) is 1.31. The molecule has 1 unspecified atom stereocenters. The Kier molecular flexibility index (Phi) is 7.21. The van der Waals surface area contributed by atoms with Crippen LogP contribution in [0.2, 0.25) is 0 Å². The molecule has 126 valence electrons. The van der Waals surface area contributed by atoms with Crippen LogP contribution in [0, 0.1) is 5.92 Å². The highest BCUT2D eigenvalue weighted by atomic mass is 16.3. The summed E-state index contributed by atoms with van der Waals surface area (Å²) in [5, 5.41) is 16.7. The number of hydrogen-bond donors (Lipinski definition) is 4. The molecule has 0 aromatic heterocycles. The van der Waals surface area contributed by atoms with Gasteiger partial charge in [-0.25, -0.2) is 0 Å². The maximum atomic E-state index is 12.1. The minimum absolute atomic E-state index is 0.0684. The summed E-state index contributed by atoms with van der Waals surface area (Å²) >= 11 is 0. The molecular formula is C16H23N3O4. The van der Waals surface area contributed by atoms with E-state index in [1.165, 1.54) is 0 Å². The van der Waals surface area contributed by atoms with Crippen LogP contribution in [0.15, 0.2) is 24.3 Å². The second-order valence-electron chi connectivity index (χ2n) is 5.58. The molecule has 0 aliphatic carbocycles. The molecule has 7 nitrogen and oxygen atoms in total. The molecule has 0 aliphatic rings. The van der Waals surface area contributed by atoms with Crippen molar-refractivity contribution in [2.24, 2.45) is 5.92 Å². The van der Waals surface area contributed by atoms with E-state index in [0.29, 0.717) is 12.1 Å². The molecule has 0 spiro atoms. The van der Waals surface area contributed by atoms with Gasteiger partial charge in [0.05, 0.1) is 6.61 Å². The van der Waals surface area contributed by atoms with Gasteiger partial charge in [0.15, 0.2) is 0 Å². The first-order valence-electron chi connectivity index (χ1n) is 7.39. The Labute approximate surface area is 135 Å². The number of carbonyl (C=O) groups excluding carboxylic acids is 3. The average molecular weight is 321 g/mol. The van der Waals surface area contributed by atoms with Crippen LogP contribution in [0.3, 0.4) is 0 Å². The molecule has 0 saturated heterocycles. The van der Waals surface area contributed by atoms with Gasteiger partial charge in [-0.3, -0.25) is 14.4 Å². The first kappa shape index (κ1) is 18.6. The van der Waals surface area contributed by atoms with E-state index in [2.05, 4.69) is 16.0 Å². The second kappa shape index (κ2) is 8.89.